The van der Waals surface area contributed by atoms with Crippen LogP contribution in [0.2, 0.25) is 10.0 Å². The molecule has 1 fully saturated rings. The monoisotopic (exact) mass is 549 g/mol. The molecule has 1 heterocycles. The molecule has 3 aromatic rings. The molecular formula is C29H25Cl2N3O2S. The summed E-state index contributed by atoms with van der Waals surface area (Å²) < 4.78 is 0. The van der Waals surface area contributed by atoms with Crippen molar-refractivity contribution in [2.45, 2.75) is 38.4 Å². The average molecular weight is 551 g/mol. The average Bonchev–Trinajstić information content (AvgIpc) is 3.17. The second-order valence-electron chi connectivity index (χ2n) is 9.06. The van der Waals surface area contributed by atoms with Crippen LogP contribution >= 0.6 is 35.0 Å². The summed E-state index contributed by atoms with van der Waals surface area (Å²) in [7, 11) is 0. The third-order valence-corrected chi connectivity index (χ3v) is 8.16. The van der Waals surface area contributed by atoms with Crippen LogP contribution < -0.4 is 10.2 Å². The molecule has 1 aliphatic heterocycles. The van der Waals surface area contributed by atoms with Crippen LogP contribution in [0.3, 0.4) is 0 Å². The van der Waals surface area contributed by atoms with E-state index in [1.807, 2.05) is 61.5 Å². The van der Waals surface area contributed by atoms with Gasteiger partial charge in [0.1, 0.15) is 16.7 Å². The SMILES string of the molecule is Cc1cccc(NC(=O)/C(C#N)=C2\SC(Cc3cccc(Cl)c3Cl)C(=O)N2c2ccc(C(C)C)cc2)c1. The van der Waals surface area contributed by atoms with Crippen LogP contribution in [-0.2, 0) is 16.0 Å². The maximum absolute atomic E-state index is 13.7. The molecule has 3 aromatic carbocycles. The number of nitriles is 1. The van der Waals surface area contributed by atoms with Crippen molar-refractivity contribution in [1.82, 2.24) is 0 Å². The Morgan fingerprint density at radius 3 is 2.46 bits per heavy atom. The highest BCUT2D eigenvalue weighted by atomic mass is 35.5. The van der Waals surface area contributed by atoms with Gasteiger partial charge in [0.05, 0.1) is 15.3 Å². The van der Waals surface area contributed by atoms with Gasteiger partial charge in [-0.1, -0.05) is 85.2 Å². The first kappa shape index (κ1) is 26.8. The smallest absolute Gasteiger partial charge is 0.269 e. The minimum Gasteiger partial charge on any atom is -0.321 e. The first-order valence-corrected chi connectivity index (χ1v) is 13.4. The molecule has 1 unspecified atom stereocenters. The molecule has 8 heteroatoms. The number of anilines is 2. The van der Waals surface area contributed by atoms with Crippen LogP contribution in [0.1, 0.15) is 36.5 Å². The van der Waals surface area contributed by atoms with E-state index >= 15 is 0 Å². The number of amides is 2. The topological polar surface area (TPSA) is 73.2 Å². The van der Waals surface area contributed by atoms with Gasteiger partial charge in [-0.05, 0) is 66.3 Å². The predicted molar refractivity (Wildman–Crippen MR) is 152 cm³/mol. The van der Waals surface area contributed by atoms with Crippen LogP contribution in [-0.4, -0.2) is 17.1 Å². The Morgan fingerprint density at radius 1 is 1.11 bits per heavy atom. The molecule has 0 aliphatic carbocycles. The molecule has 5 nitrogen and oxygen atoms in total. The van der Waals surface area contributed by atoms with Crippen LogP contribution in [0, 0.1) is 18.3 Å². The zero-order chi connectivity index (χ0) is 26.7. The molecule has 188 valence electrons. The fraction of sp³-hybridized carbons (Fsp3) is 0.207. The summed E-state index contributed by atoms with van der Waals surface area (Å²) in [6, 6.07) is 22.2. The van der Waals surface area contributed by atoms with E-state index in [9.17, 15) is 14.9 Å². The third-order valence-electron chi connectivity index (χ3n) is 6.04. The Bertz CT molecular complexity index is 1430. The second kappa shape index (κ2) is 11.4. The van der Waals surface area contributed by atoms with E-state index in [0.29, 0.717) is 33.8 Å². The summed E-state index contributed by atoms with van der Waals surface area (Å²) in [4.78, 5) is 28.5. The van der Waals surface area contributed by atoms with Gasteiger partial charge in [0.2, 0.25) is 5.91 Å². The van der Waals surface area contributed by atoms with E-state index in [-0.39, 0.29) is 16.5 Å². The zero-order valence-electron chi connectivity index (χ0n) is 20.6. The number of thioether (sulfide) groups is 1. The number of hydrogen-bond acceptors (Lipinski definition) is 4. The van der Waals surface area contributed by atoms with Gasteiger partial charge in [-0.2, -0.15) is 5.26 Å². The quantitative estimate of drug-likeness (QED) is 0.255. The molecule has 4 rings (SSSR count). The van der Waals surface area contributed by atoms with Crippen LogP contribution in [0.25, 0.3) is 0 Å². The van der Waals surface area contributed by atoms with E-state index in [4.69, 9.17) is 23.2 Å². The molecule has 1 aliphatic rings. The Kier molecular flexibility index (Phi) is 8.29. The van der Waals surface area contributed by atoms with Crippen LogP contribution in [0.4, 0.5) is 11.4 Å². The number of hydrogen-bond donors (Lipinski definition) is 1. The van der Waals surface area contributed by atoms with E-state index < -0.39 is 11.2 Å². The van der Waals surface area contributed by atoms with E-state index in [0.717, 1.165) is 16.7 Å². The number of aryl methyl sites for hydroxylation is 1. The second-order valence-corrected chi connectivity index (χ2v) is 11.0. The summed E-state index contributed by atoms with van der Waals surface area (Å²) >= 11 is 13.8. The van der Waals surface area contributed by atoms with Gasteiger partial charge < -0.3 is 5.32 Å². The van der Waals surface area contributed by atoms with Gasteiger partial charge in [0.25, 0.3) is 5.91 Å². The van der Waals surface area contributed by atoms with Crippen molar-refractivity contribution in [3.63, 3.8) is 0 Å². The first-order chi connectivity index (χ1) is 17.7. The number of benzene rings is 3. The summed E-state index contributed by atoms with van der Waals surface area (Å²) in [5, 5.41) is 13.3. The fourth-order valence-corrected chi connectivity index (χ4v) is 5.75. The number of nitrogens with zero attached hydrogens (tertiary/aromatic N) is 2. The number of carbonyl (C=O) groups is 2. The van der Waals surface area contributed by atoms with Crippen molar-refractivity contribution >= 4 is 58.2 Å². The first-order valence-electron chi connectivity index (χ1n) is 11.8. The number of carbonyl (C=O) groups excluding carboxylic acids is 2. The normalized spacial score (nSPS) is 16.6. The number of nitrogens with one attached hydrogen (secondary N) is 1. The summed E-state index contributed by atoms with van der Waals surface area (Å²) in [6.07, 6.45) is 0.297. The Morgan fingerprint density at radius 2 is 1.81 bits per heavy atom. The van der Waals surface area contributed by atoms with Crippen LogP contribution in [0.15, 0.2) is 77.3 Å². The standard InChI is InChI=1S/C29H25Cl2N3O2S/c1-17(2)19-10-12-22(13-11-19)34-28(36)25(15-20-7-5-9-24(30)26(20)31)37-29(34)23(16-32)27(35)33-21-8-4-6-18(3)14-21/h4-14,17,25H,15H2,1-3H3,(H,33,35)/b29-23-. The number of halogens is 2. The highest BCUT2D eigenvalue weighted by molar-refractivity contribution is 8.05. The lowest BCUT2D eigenvalue weighted by Crippen LogP contribution is -2.31. The molecule has 1 saturated heterocycles. The molecule has 0 saturated carbocycles. The molecule has 1 atom stereocenters. The van der Waals surface area contributed by atoms with Gasteiger partial charge >= 0.3 is 0 Å². The highest BCUT2D eigenvalue weighted by Crippen LogP contribution is 2.43. The maximum Gasteiger partial charge on any atom is 0.269 e. The fourth-order valence-electron chi connectivity index (χ4n) is 4.05. The van der Waals surface area contributed by atoms with Crippen molar-refractivity contribution in [2.24, 2.45) is 0 Å². The molecule has 37 heavy (non-hydrogen) atoms. The van der Waals surface area contributed by atoms with Crippen molar-refractivity contribution < 1.29 is 9.59 Å². The molecular weight excluding hydrogens is 525 g/mol. The molecule has 0 spiro atoms. The van der Waals surface area contributed by atoms with Crippen molar-refractivity contribution in [3.8, 4) is 6.07 Å². The van der Waals surface area contributed by atoms with Crippen molar-refractivity contribution in [3.05, 3.63) is 104 Å². The van der Waals surface area contributed by atoms with E-state index in [1.165, 1.54) is 16.7 Å². The lowest BCUT2D eigenvalue weighted by atomic mass is 10.0. The Labute approximate surface area is 231 Å². The van der Waals surface area contributed by atoms with Gasteiger partial charge in [-0.25, -0.2) is 0 Å². The molecule has 2 amide bonds. The van der Waals surface area contributed by atoms with Gasteiger partial charge in [0.15, 0.2) is 0 Å². The van der Waals surface area contributed by atoms with Crippen molar-refractivity contribution in [1.29, 1.82) is 5.26 Å². The number of rotatable bonds is 6. The lowest BCUT2D eigenvalue weighted by Gasteiger charge is -2.19. The predicted octanol–water partition coefficient (Wildman–Crippen LogP) is 7.49. The summed E-state index contributed by atoms with van der Waals surface area (Å²) in [5.41, 5.74) is 3.84. The molecule has 0 bridgehead atoms. The third kappa shape index (κ3) is 5.86. The maximum atomic E-state index is 13.7. The summed E-state index contributed by atoms with van der Waals surface area (Å²) in [6.45, 7) is 6.09. The molecule has 0 aromatic heterocycles. The van der Waals surface area contributed by atoms with Gasteiger partial charge in [-0.3, -0.25) is 14.5 Å². The largest absolute Gasteiger partial charge is 0.321 e. The lowest BCUT2D eigenvalue weighted by molar-refractivity contribution is -0.117. The minimum atomic E-state index is -0.592. The van der Waals surface area contributed by atoms with E-state index in [2.05, 4.69) is 19.2 Å². The summed E-state index contributed by atoms with van der Waals surface area (Å²) in [5.74, 6) is -0.488. The Balaban J connectivity index is 1.75. The van der Waals surface area contributed by atoms with Gasteiger partial charge in [0, 0.05) is 11.4 Å². The molecule has 0 radical (unpaired) electrons. The zero-order valence-corrected chi connectivity index (χ0v) is 22.9. The molecule has 1 N–H and O–H groups in total. The van der Waals surface area contributed by atoms with Gasteiger partial charge in [-0.15, -0.1) is 0 Å². The Hall–Kier alpha value is -3.24. The van der Waals surface area contributed by atoms with Crippen LogP contribution in [0.5, 0.6) is 0 Å². The highest BCUT2D eigenvalue weighted by Gasteiger charge is 2.41. The van der Waals surface area contributed by atoms with Crippen molar-refractivity contribution in [2.75, 3.05) is 10.2 Å². The van der Waals surface area contributed by atoms with E-state index in [1.54, 1.807) is 18.2 Å². The minimum absolute atomic E-state index is 0.132.